The van der Waals surface area contributed by atoms with Crippen LogP contribution in [0.2, 0.25) is 5.02 Å². The van der Waals surface area contributed by atoms with Crippen molar-refractivity contribution in [2.75, 3.05) is 13.7 Å². The molecule has 3 heteroatoms. The Morgan fingerprint density at radius 3 is 2.24 bits per heavy atom. The molecule has 2 rings (SSSR count). The Kier molecular flexibility index (Phi) is 5.27. The summed E-state index contributed by atoms with van der Waals surface area (Å²) in [4.78, 5) is 0. The molecular weight excluding hydrogens is 282 g/mol. The fourth-order valence-corrected chi connectivity index (χ4v) is 2.52. The first-order valence-corrected chi connectivity index (χ1v) is 7.52. The molecule has 0 saturated carbocycles. The van der Waals surface area contributed by atoms with Gasteiger partial charge in [0.2, 0.25) is 0 Å². The molecule has 0 heterocycles. The molecule has 0 bridgehead atoms. The van der Waals surface area contributed by atoms with Crippen LogP contribution in [0.4, 0.5) is 0 Å². The van der Waals surface area contributed by atoms with Crippen molar-refractivity contribution in [2.24, 2.45) is 0 Å². The highest BCUT2D eigenvalue weighted by Crippen LogP contribution is 2.23. The molecule has 0 amide bonds. The Balaban J connectivity index is 2.13. The largest absolute Gasteiger partial charge is 0.492 e. The third-order valence-corrected chi connectivity index (χ3v) is 4.09. The molecule has 0 aromatic heterocycles. The molecule has 0 aliphatic heterocycles. The van der Waals surface area contributed by atoms with Crippen molar-refractivity contribution in [3.05, 3.63) is 63.7 Å². The summed E-state index contributed by atoms with van der Waals surface area (Å²) in [6.45, 7) is 7.02. The zero-order valence-corrected chi connectivity index (χ0v) is 13.8. The van der Waals surface area contributed by atoms with Crippen molar-refractivity contribution in [3.63, 3.8) is 0 Å². The molecule has 0 radical (unpaired) electrons. The molecule has 0 saturated heterocycles. The summed E-state index contributed by atoms with van der Waals surface area (Å²) in [6, 6.07) is 12.1. The molecule has 2 aromatic carbocycles. The summed E-state index contributed by atoms with van der Waals surface area (Å²) >= 11 is 5.88. The molecule has 1 unspecified atom stereocenters. The van der Waals surface area contributed by atoms with E-state index >= 15 is 0 Å². The Hall–Kier alpha value is -1.51. The Labute approximate surface area is 132 Å². The zero-order chi connectivity index (χ0) is 15.4. The maximum Gasteiger partial charge on any atom is 0.119 e. The predicted octanol–water partition coefficient (Wildman–Crippen LogP) is 4.60. The summed E-state index contributed by atoms with van der Waals surface area (Å²) in [5.74, 6) is 0.834. The molecule has 0 spiro atoms. The van der Waals surface area contributed by atoms with Crippen LogP contribution in [0.5, 0.6) is 5.75 Å². The summed E-state index contributed by atoms with van der Waals surface area (Å²) in [5, 5.41) is 4.06. The monoisotopic (exact) mass is 303 g/mol. The van der Waals surface area contributed by atoms with Crippen LogP contribution in [0.1, 0.15) is 28.3 Å². The van der Waals surface area contributed by atoms with E-state index in [1.165, 1.54) is 22.3 Å². The number of nitrogens with one attached hydrogen (secondary N) is 1. The van der Waals surface area contributed by atoms with E-state index < -0.39 is 0 Å². The maximum atomic E-state index is 5.88. The molecule has 1 atom stereocenters. The normalized spacial score (nSPS) is 12.2. The standard InChI is InChI=1S/C18H22ClNO/c1-12-9-14(3)17(10-13(12)2)18(20-4)11-21-16-7-5-15(19)6-8-16/h5-10,18,20H,11H2,1-4H3. The van der Waals surface area contributed by atoms with Gasteiger partial charge in [0.05, 0.1) is 6.04 Å². The lowest BCUT2D eigenvalue weighted by atomic mass is 9.96. The highest BCUT2D eigenvalue weighted by Gasteiger charge is 2.14. The van der Waals surface area contributed by atoms with E-state index in [2.05, 4.69) is 38.2 Å². The van der Waals surface area contributed by atoms with Crippen LogP contribution in [0.3, 0.4) is 0 Å². The second-order valence-corrected chi connectivity index (χ2v) is 5.84. The van der Waals surface area contributed by atoms with Crippen LogP contribution < -0.4 is 10.1 Å². The second kappa shape index (κ2) is 6.97. The summed E-state index contributed by atoms with van der Waals surface area (Å²) in [5.41, 5.74) is 5.21. The Bertz CT molecular complexity index is 607. The van der Waals surface area contributed by atoms with Crippen molar-refractivity contribution < 1.29 is 4.74 Å². The molecule has 0 aliphatic rings. The number of hydrogen-bond acceptors (Lipinski definition) is 2. The summed E-state index contributed by atoms with van der Waals surface area (Å²) in [7, 11) is 1.96. The topological polar surface area (TPSA) is 21.3 Å². The molecule has 0 fully saturated rings. The van der Waals surface area contributed by atoms with Crippen LogP contribution >= 0.6 is 11.6 Å². The van der Waals surface area contributed by atoms with E-state index in [0.717, 1.165) is 10.8 Å². The summed E-state index contributed by atoms with van der Waals surface area (Å²) in [6.07, 6.45) is 0. The van der Waals surface area contributed by atoms with Gasteiger partial charge in [0.1, 0.15) is 12.4 Å². The number of halogens is 1. The summed E-state index contributed by atoms with van der Waals surface area (Å²) < 4.78 is 5.87. The average molecular weight is 304 g/mol. The van der Waals surface area contributed by atoms with Gasteiger partial charge in [0.15, 0.2) is 0 Å². The number of hydrogen-bond donors (Lipinski definition) is 1. The minimum atomic E-state index is 0.167. The van der Waals surface area contributed by atoms with Gasteiger partial charge in [-0.2, -0.15) is 0 Å². The van der Waals surface area contributed by atoms with Gasteiger partial charge in [-0.3, -0.25) is 0 Å². The van der Waals surface area contributed by atoms with E-state index in [9.17, 15) is 0 Å². The fourth-order valence-electron chi connectivity index (χ4n) is 2.40. The molecule has 112 valence electrons. The third-order valence-electron chi connectivity index (χ3n) is 3.84. The van der Waals surface area contributed by atoms with Gasteiger partial charge < -0.3 is 10.1 Å². The van der Waals surface area contributed by atoms with E-state index in [1.807, 2.05) is 31.3 Å². The minimum absolute atomic E-state index is 0.167. The molecule has 2 aromatic rings. The fraction of sp³-hybridized carbons (Fsp3) is 0.333. The van der Waals surface area contributed by atoms with Crippen LogP contribution in [-0.4, -0.2) is 13.7 Å². The SMILES string of the molecule is CNC(COc1ccc(Cl)cc1)c1cc(C)c(C)cc1C. The highest BCUT2D eigenvalue weighted by atomic mass is 35.5. The van der Waals surface area contributed by atoms with Crippen molar-refractivity contribution in [2.45, 2.75) is 26.8 Å². The van der Waals surface area contributed by atoms with Crippen LogP contribution in [-0.2, 0) is 0 Å². The number of aryl methyl sites for hydroxylation is 3. The lowest BCUT2D eigenvalue weighted by Crippen LogP contribution is -2.24. The zero-order valence-electron chi connectivity index (χ0n) is 13.0. The van der Waals surface area contributed by atoms with E-state index in [1.54, 1.807) is 0 Å². The lowest BCUT2D eigenvalue weighted by molar-refractivity contribution is 0.272. The van der Waals surface area contributed by atoms with E-state index in [-0.39, 0.29) is 6.04 Å². The third kappa shape index (κ3) is 3.99. The molecule has 2 nitrogen and oxygen atoms in total. The highest BCUT2D eigenvalue weighted by molar-refractivity contribution is 6.30. The van der Waals surface area contributed by atoms with Gasteiger partial charge in [-0.15, -0.1) is 0 Å². The minimum Gasteiger partial charge on any atom is -0.492 e. The molecular formula is C18H22ClNO. The van der Waals surface area contributed by atoms with Gasteiger partial charge in [0.25, 0.3) is 0 Å². The van der Waals surface area contributed by atoms with E-state index in [4.69, 9.17) is 16.3 Å². The number of likely N-dealkylation sites (N-methyl/N-ethyl adjacent to an activating group) is 1. The Morgan fingerprint density at radius 1 is 1.00 bits per heavy atom. The van der Waals surface area contributed by atoms with Crippen LogP contribution in [0, 0.1) is 20.8 Å². The lowest BCUT2D eigenvalue weighted by Gasteiger charge is -2.21. The van der Waals surface area contributed by atoms with Crippen molar-refractivity contribution in [1.29, 1.82) is 0 Å². The molecule has 21 heavy (non-hydrogen) atoms. The first kappa shape index (κ1) is 15.9. The van der Waals surface area contributed by atoms with Crippen molar-refractivity contribution in [1.82, 2.24) is 5.32 Å². The molecule has 1 N–H and O–H groups in total. The van der Waals surface area contributed by atoms with Crippen molar-refractivity contribution >= 4 is 11.6 Å². The van der Waals surface area contributed by atoms with Gasteiger partial charge in [0, 0.05) is 5.02 Å². The first-order chi connectivity index (χ1) is 10.0. The van der Waals surface area contributed by atoms with Gasteiger partial charge in [-0.05, 0) is 74.3 Å². The smallest absolute Gasteiger partial charge is 0.119 e. The predicted molar refractivity (Wildman–Crippen MR) is 89.4 cm³/mol. The van der Waals surface area contributed by atoms with Gasteiger partial charge in [-0.25, -0.2) is 0 Å². The molecule has 0 aliphatic carbocycles. The maximum absolute atomic E-state index is 5.88. The van der Waals surface area contributed by atoms with Gasteiger partial charge >= 0.3 is 0 Å². The first-order valence-electron chi connectivity index (χ1n) is 7.14. The number of rotatable bonds is 5. The van der Waals surface area contributed by atoms with E-state index in [0.29, 0.717) is 6.61 Å². The Morgan fingerprint density at radius 2 is 1.62 bits per heavy atom. The average Bonchev–Trinajstić information content (AvgIpc) is 2.46. The quantitative estimate of drug-likeness (QED) is 0.871. The number of ether oxygens (including phenoxy) is 1. The van der Waals surface area contributed by atoms with Gasteiger partial charge in [-0.1, -0.05) is 23.7 Å². The number of benzene rings is 2. The van der Waals surface area contributed by atoms with Crippen LogP contribution in [0.15, 0.2) is 36.4 Å². The second-order valence-electron chi connectivity index (χ2n) is 5.40. The van der Waals surface area contributed by atoms with Crippen LogP contribution in [0.25, 0.3) is 0 Å². The van der Waals surface area contributed by atoms with Crippen molar-refractivity contribution in [3.8, 4) is 5.75 Å².